The highest BCUT2D eigenvalue weighted by Gasteiger charge is 2.33. The molecule has 2 aromatic rings. The van der Waals surface area contributed by atoms with Crippen LogP contribution in [0.4, 0.5) is 0 Å². The van der Waals surface area contributed by atoms with Crippen LogP contribution in [0, 0.1) is 5.92 Å². The van der Waals surface area contributed by atoms with E-state index in [1.807, 2.05) is 13.0 Å². The second kappa shape index (κ2) is 5.20. The first-order valence-electron chi connectivity index (χ1n) is 7.02. The first-order chi connectivity index (χ1) is 10.1. The predicted molar refractivity (Wildman–Crippen MR) is 76.1 cm³/mol. The van der Waals surface area contributed by atoms with Crippen LogP contribution < -0.4 is 0 Å². The van der Waals surface area contributed by atoms with Crippen LogP contribution >= 0.6 is 0 Å². The number of pyridine rings is 1. The lowest BCUT2D eigenvalue weighted by Crippen LogP contribution is -2.47. The van der Waals surface area contributed by atoms with Crippen LogP contribution in [-0.2, 0) is 4.79 Å². The number of nitrogens with zero attached hydrogens (tertiary/aromatic N) is 3. The molecule has 2 atom stereocenters. The first-order valence-corrected chi connectivity index (χ1v) is 7.02. The molecule has 1 N–H and O–H groups in total. The minimum Gasteiger partial charge on any atom is -0.481 e. The molecule has 1 fully saturated rings. The number of hydrogen-bond donors (Lipinski definition) is 1. The SMILES string of the molecule is CC1CCC(C(=O)O)CN1C(=O)c1ccc2cncn2c1. The van der Waals surface area contributed by atoms with Crippen LogP contribution in [0.2, 0.25) is 0 Å². The average Bonchev–Trinajstić information content (AvgIpc) is 2.94. The van der Waals surface area contributed by atoms with Crippen molar-refractivity contribution < 1.29 is 14.7 Å². The Labute approximate surface area is 122 Å². The van der Waals surface area contributed by atoms with Gasteiger partial charge >= 0.3 is 5.97 Å². The van der Waals surface area contributed by atoms with Gasteiger partial charge in [0.1, 0.15) is 0 Å². The van der Waals surface area contributed by atoms with Crippen molar-refractivity contribution in [1.82, 2.24) is 14.3 Å². The number of aromatic nitrogens is 2. The third-order valence-electron chi connectivity index (χ3n) is 4.15. The smallest absolute Gasteiger partial charge is 0.308 e. The summed E-state index contributed by atoms with van der Waals surface area (Å²) in [6.45, 7) is 2.24. The number of rotatable bonds is 2. The molecule has 6 nitrogen and oxygen atoms in total. The summed E-state index contributed by atoms with van der Waals surface area (Å²) in [7, 11) is 0. The molecular weight excluding hydrogens is 270 g/mol. The number of amides is 1. The summed E-state index contributed by atoms with van der Waals surface area (Å²) >= 11 is 0. The van der Waals surface area contributed by atoms with Gasteiger partial charge in [-0.05, 0) is 31.9 Å². The maximum atomic E-state index is 12.6. The first kappa shape index (κ1) is 13.6. The van der Waals surface area contributed by atoms with Gasteiger partial charge in [-0.15, -0.1) is 0 Å². The average molecular weight is 287 g/mol. The molecule has 6 heteroatoms. The molecule has 0 aromatic carbocycles. The van der Waals surface area contributed by atoms with E-state index in [1.54, 1.807) is 34.1 Å². The maximum absolute atomic E-state index is 12.6. The Bertz CT molecular complexity index is 694. The van der Waals surface area contributed by atoms with Gasteiger partial charge in [0.15, 0.2) is 0 Å². The number of fused-ring (bicyclic) bond motifs is 1. The third-order valence-corrected chi connectivity index (χ3v) is 4.15. The van der Waals surface area contributed by atoms with Crippen molar-refractivity contribution in [2.24, 2.45) is 5.92 Å². The van der Waals surface area contributed by atoms with E-state index >= 15 is 0 Å². The molecule has 1 aliphatic heterocycles. The predicted octanol–water partition coefficient (Wildman–Crippen LogP) is 1.66. The fourth-order valence-corrected chi connectivity index (χ4v) is 2.80. The summed E-state index contributed by atoms with van der Waals surface area (Å²) < 4.78 is 1.79. The van der Waals surface area contributed by atoms with Gasteiger partial charge in [0.25, 0.3) is 5.91 Å². The van der Waals surface area contributed by atoms with Gasteiger partial charge in [0, 0.05) is 18.8 Å². The van der Waals surface area contributed by atoms with E-state index in [0.717, 1.165) is 11.9 Å². The zero-order valence-electron chi connectivity index (χ0n) is 11.8. The number of imidazole rings is 1. The Morgan fingerprint density at radius 3 is 2.90 bits per heavy atom. The molecule has 0 radical (unpaired) electrons. The molecule has 1 aliphatic rings. The molecule has 110 valence electrons. The van der Waals surface area contributed by atoms with Gasteiger partial charge in [-0.3, -0.25) is 9.59 Å². The summed E-state index contributed by atoms with van der Waals surface area (Å²) in [6, 6.07) is 3.66. The monoisotopic (exact) mass is 287 g/mol. The minimum atomic E-state index is -0.829. The number of carboxylic acid groups (broad SMARTS) is 1. The minimum absolute atomic E-state index is 0.0617. The molecule has 0 saturated carbocycles. The molecule has 2 unspecified atom stereocenters. The Kier molecular flexibility index (Phi) is 3.37. The molecule has 1 saturated heterocycles. The van der Waals surface area contributed by atoms with Gasteiger partial charge < -0.3 is 14.4 Å². The summed E-state index contributed by atoms with van der Waals surface area (Å²) in [5.74, 6) is -1.42. The van der Waals surface area contributed by atoms with E-state index in [2.05, 4.69) is 4.98 Å². The second-order valence-corrected chi connectivity index (χ2v) is 5.56. The van der Waals surface area contributed by atoms with E-state index in [0.29, 0.717) is 12.0 Å². The lowest BCUT2D eigenvalue weighted by Gasteiger charge is -2.36. The molecule has 3 rings (SSSR count). The van der Waals surface area contributed by atoms with Crippen LogP contribution in [0.1, 0.15) is 30.1 Å². The van der Waals surface area contributed by atoms with Crippen molar-refractivity contribution in [2.45, 2.75) is 25.8 Å². The van der Waals surface area contributed by atoms with E-state index in [4.69, 9.17) is 5.11 Å². The fourth-order valence-electron chi connectivity index (χ4n) is 2.80. The van der Waals surface area contributed by atoms with Crippen molar-refractivity contribution >= 4 is 17.4 Å². The Morgan fingerprint density at radius 2 is 2.14 bits per heavy atom. The molecule has 1 amide bonds. The quantitative estimate of drug-likeness (QED) is 0.911. The van der Waals surface area contributed by atoms with Gasteiger partial charge in [-0.2, -0.15) is 0 Å². The van der Waals surface area contributed by atoms with E-state index in [1.165, 1.54) is 0 Å². The van der Waals surface area contributed by atoms with Gasteiger partial charge in [-0.25, -0.2) is 4.98 Å². The van der Waals surface area contributed by atoms with E-state index < -0.39 is 11.9 Å². The highest BCUT2D eigenvalue weighted by atomic mass is 16.4. The zero-order chi connectivity index (χ0) is 15.0. The Balaban J connectivity index is 1.86. The van der Waals surface area contributed by atoms with Crippen LogP contribution in [-0.4, -0.2) is 43.9 Å². The van der Waals surface area contributed by atoms with E-state index in [9.17, 15) is 9.59 Å². The number of likely N-dealkylation sites (tertiary alicyclic amines) is 1. The third kappa shape index (κ3) is 2.49. The van der Waals surface area contributed by atoms with Crippen molar-refractivity contribution in [3.63, 3.8) is 0 Å². The molecule has 0 bridgehead atoms. The lowest BCUT2D eigenvalue weighted by atomic mass is 9.93. The van der Waals surface area contributed by atoms with Crippen molar-refractivity contribution in [1.29, 1.82) is 0 Å². The molecule has 21 heavy (non-hydrogen) atoms. The van der Waals surface area contributed by atoms with E-state index in [-0.39, 0.29) is 18.5 Å². The van der Waals surface area contributed by atoms with Gasteiger partial charge in [0.2, 0.25) is 0 Å². The van der Waals surface area contributed by atoms with Crippen LogP contribution in [0.25, 0.3) is 5.52 Å². The normalized spacial score (nSPS) is 22.4. The summed E-state index contributed by atoms with van der Waals surface area (Å²) in [6.07, 6.45) is 6.45. The van der Waals surface area contributed by atoms with Gasteiger partial charge in [-0.1, -0.05) is 0 Å². The lowest BCUT2D eigenvalue weighted by molar-refractivity contribution is -0.143. The maximum Gasteiger partial charge on any atom is 0.308 e. The summed E-state index contributed by atoms with van der Waals surface area (Å²) in [5.41, 5.74) is 1.47. The van der Waals surface area contributed by atoms with Crippen molar-refractivity contribution in [3.05, 3.63) is 36.4 Å². The van der Waals surface area contributed by atoms with Crippen LogP contribution in [0.15, 0.2) is 30.9 Å². The Morgan fingerprint density at radius 1 is 1.33 bits per heavy atom. The van der Waals surface area contributed by atoms with Crippen molar-refractivity contribution in [2.75, 3.05) is 6.54 Å². The fraction of sp³-hybridized carbons (Fsp3) is 0.400. The number of carbonyl (C=O) groups is 2. The van der Waals surface area contributed by atoms with Crippen LogP contribution in [0.5, 0.6) is 0 Å². The summed E-state index contributed by atoms with van der Waals surface area (Å²) in [4.78, 5) is 29.5. The van der Waals surface area contributed by atoms with Gasteiger partial charge in [0.05, 0.1) is 29.5 Å². The number of hydrogen-bond acceptors (Lipinski definition) is 3. The molecule has 3 heterocycles. The molecule has 0 spiro atoms. The number of carbonyl (C=O) groups excluding carboxylic acids is 1. The molecule has 2 aromatic heterocycles. The highest BCUT2D eigenvalue weighted by molar-refractivity contribution is 5.94. The zero-order valence-corrected chi connectivity index (χ0v) is 11.8. The second-order valence-electron chi connectivity index (χ2n) is 5.56. The molecular formula is C15H17N3O3. The number of piperidine rings is 1. The van der Waals surface area contributed by atoms with Crippen molar-refractivity contribution in [3.8, 4) is 0 Å². The Hall–Kier alpha value is -2.37. The highest BCUT2D eigenvalue weighted by Crippen LogP contribution is 2.24. The topological polar surface area (TPSA) is 74.9 Å². The van der Waals surface area contributed by atoms with Crippen LogP contribution in [0.3, 0.4) is 0 Å². The summed E-state index contributed by atoms with van der Waals surface area (Å²) in [5, 5.41) is 9.16. The largest absolute Gasteiger partial charge is 0.481 e. The molecule has 0 aliphatic carbocycles. The number of carboxylic acids is 1. The number of aliphatic carboxylic acids is 1. The standard InChI is InChI=1S/C15H17N3O3/c1-10-2-3-12(15(20)21)8-18(10)14(19)11-4-5-13-6-16-9-17(13)7-11/h4-7,9-10,12H,2-3,8H2,1H3,(H,20,21).